The Hall–Kier alpha value is -2.83. The van der Waals surface area contributed by atoms with E-state index in [0.717, 1.165) is 6.07 Å². The minimum absolute atomic E-state index is 0.00606. The van der Waals surface area contributed by atoms with E-state index in [0.29, 0.717) is 25.9 Å². The number of nitrogens with zero attached hydrogens (tertiary/aromatic N) is 1. The number of amides is 1. The van der Waals surface area contributed by atoms with Gasteiger partial charge in [0.2, 0.25) is 10.0 Å². The summed E-state index contributed by atoms with van der Waals surface area (Å²) in [6.07, 6.45) is 0.0949. The van der Waals surface area contributed by atoms with Gasteiger partial charge in [-0.25, -0.2) is 26.4 Å². The fourth-order valence-corrected chi connectivity index (χ4v) is 5.53. The van der Waals surface area contributed by atoms with Crippen molar-refractivity contribution >= 4 is 31.8 Å². The van der Waals surface area contributed by atoms with Gasteiger partial charge in [-0.05, 0) is 61.2 Å². The summed E-state index contributed by atoms with van der Waals surface area (Å²) in [7, 11) is -8.00. The van der Waals surface area contributed by atoms with Crippen LogP contribution in [0.25, 0.3) is 0 Å². The van der Waals surface area contributed by atoms with Crippen LogP contribution in [-0.4, -0.2) is 57.7 Å². The lowest BCUT2D eigenvalue weighted by Crippen LogP contribution is -2.40. The number of aromatic hydroxyl groups is 1. The molecule has 2 aromatic carbocycles. The largest absolute Gasteiger partial charge is 0.508 e. The summed E-state index contributed by atoms with van der Waals surface area (Å²) < 4.78 is 55.4. The Morgan fingerprint density at radius 1 is 0.968 bits per heavy atom. The highest BCUT2D eigenvalue weighted by molar-refractivity contribution is 7.93. The molecule has 12 heteroatoms. The number of carboxylic acid groups (broad SMARTS) is 1. The Morgan fingerprint density at radius 3 is 2.13 bits per heavy atom. The molecule has 0 spiro atoms. The molecule has 0 saturated carbocycles. The predicted octanol–water partition coefficient (Wildman–Crippen LogP) is 1.86. The molecule has 1 heterocycles. The maximum absolute atomic E-state index is 12.7. The number of phenols is 1. The van der Waals surface area contributed by atoms with E-state index in [1.165, 1.54) is 47.4 Å². The lowest BCUT2D eigenvalue weighted by molar-refractivity contribution is 0.125. The third kappa shape index (κ3) is 5.87. The molecular weight excluding hydrogens is 446 g/mol. The molecule has 0 aromatic heterocycles. The smallest absolute Gasteiger partial charge is 0.407 e. The van der Waals surface area contributed by atoms with Crippen LogP contribution < -0.4 is 9.44 Å². The Labute approximate surface area is 180 Å². The summed E-state index contributed by atoms with van der Waals surface area (Å²) in [5.41, 5.74) is 0.219. The van der Waals surface area contributed by atoms with Crippen molar-refractivity contribution in [1.82, 2.24) is 9.62 Å². The van der Waals surface area contributed by atoms with Gasteiger partial charge in [0.25, 0.3) is 10.0 Å². The maximum Gasteiger partial charge on any atom is 0.407 e. The summed E-state index contributed by atoms with van der Waals surface area (Å²) in [5, 5.41) is 18.3. The van der Waals surface area contributed by atoms with Crippen molar-refractivity contribution in [2.75, 3.05) is 24.4 Å². The zero-order valence-electron chi connectivity index (χ0n) is 16.4. The van der Waals surface area contributed by atoms with Crippen molar-refractivity contribution in [1.29, 1.82) is 0 Å². The second-order valence-corrected chi connectivity index (χ2v) is 10.6. The monoisotopic (exact) mass is 469 g/mol. The molecule has 3 rings (SSSR count). The molecular formula is C19H23N3O7S2. The molecule has 168 valence electrons. The quantitative estimate of drug-likeness (QED) is 0.451. The summed E-state index contributed by atoms with van der Waals surface area (Å²) in [5.74, 6) is -0.0239. The van der Waals surface area contributed by atoms with Crippen molar-refractivity contribution in [3.63, 3.8) is 0 Å². The molecule has 1 saturated heterocycles. The number of hydrogen-bond acceptors (Lipinski definition) is 6. The van der Waals surface area contributed by atoms with E-state index < -0.39 is 26.1 Å². The predicted molar refractivity (Wildman–Crippen MR) is 113 cm³/mol. The number of phenolic OH excluding ortho intramolecular Hbond substituents is 1. The normalized spacial score (nSPS) is 15.5. The molecule has 2 aromatic rings. The first-order valence-electron chi connectivity index (χ1n) is 9.46. The molecule has 0 radical (unpaired) electrons. The molecule has 4 N–H and O–H groups in total. The minimum Gasteiger partial charge on any atom is -0.508 e. The lowest BCUT2D eigenvalue weighted by atomic mass is 9.97. The number of piperidine rings is 1. The summed E-state index contributed by atoms with van der Waals surface area (Å²) in [4.78, 5) is 11.8. The lowest BCUT2D eigenvalue weighted by Gasteiger charge is -2.29. The van der Waals surface area contributed by atoms with Crippen LogP contribution in [0.15, 0.2) is 58.3 Å². The van der Waals surface area contributed by atoms with Crippen LogP contribution in [0.3, 0.4) is 0 Å². The SMILES string of the molecule is O=C(O)N1CCC(CNS(=O)(=O)c2cccc(S(=O)(=O)Nc3ccc(O)cc3)c2)CC1. The summed E-state index contributed by atoms with van der Waals surface area (Å²) >= 11 is 0. The molecule has 0 bridgehead atoms. The Bertz CT molecular complexity index is 1140. The number of sulfonamides is 2. The van der Waals surface area contributed by atoms with Crippen molar-refractivity contribution < 1.29 is 31.8 Å². The second-order valence-electron chi connectivity index (χ2n) is 7.19. The van der Waals surface area contributed by atoms with Crippen molar-refractivity contribution in [2.45, 2.75) is 22.6 Å². The first kappa shape index (κ1) is 22.8. The van der Waals surface area contributed by atoms with E-state index in [1.54, 1.807) is 0 Å². The number of likely N-dealkylation sites (tertiary alicyclic amines) is 1. The van der Waals surface area contributed by atoms with E-state index in [9.17, 15) is 26.7 Å². The van der Waals surface area contributed by atoms with E-state index in [-0.39, 0.29) is 33.7 Å². The molecule has 31 heavy (non-hydrogen) atoms. The van der Waals surface area contributed by atoms with E-state index in [1.807, 2.05) is 0 Å². The van der Waals surface area contributed by atoms with Crippen molar-refractivity contribution in [2.24, 2.45) is 5.92 Å². The van der Waals surface area contributed by atoms with Crippen LogP contribution in [0.4, 0.5) is 10.5 Å². The van der Waals surface area contributed by atoms with Gasteiger partial charge in [-0.3, -0.25) is 4.72 Å². The summed E-state index contributed by atoms with van der Waals surface area (Å²) in [6, 6.07) is 10.4. The molecule has 0 atom stereocenters. The first-order valence-corrected chi connectivity index (χ1v) is 12.4. The molecule has 1 aliphatic heterocycles. The van der Waals surface area contributed by atoms with Gasteiger partial charge in [0.15, 0.2) is 0 Å². The van der Waals surface area contributed by atoms with Crippen LogP contribution in [0.1, 0.15) is 12.8 Å². The number of anilines is 1. The van der Waals surface area contributed by atoms with Gasteiger partial charge in [0.1, 0.15) is 5.75 Å². The van der Waals surface area contributed by atoms with Gasteiger partial charge in [-0.15, -0.1) is 0 Å². The topological polar surface area (TPSA) is 153 Å². The Morgan fingerprint density at radius 2 is 1.55 bits per heavy atom. The minimum atomic E-state index is -4.04. The fourth-order valence-electron chi connectivity index (χ4n) is 3.19. The highest BCUT2D eigenvalue weighted by atomic mass is 32.2. The van der Waals surface area contributed by atoms with E-state index >= 15 is 0 Å². The molecule has 0 unspecified atom stereocenters. The third-order valence-corrected chi connectivity index (χ3v) is 7.79. The highest BCUT2D eigenvalue weighted by Gasteiger charge is 2.25. The van der Waals surface area contributed by atoms with Gasteiger partial charge in [-0.1, -0.05) is 6.07 Å². The number of carbonyl (C=O) groups is 1. The number of nitrogens with one attached hydrogen (secondary N) is 2. The van der Waals surface area contributed by atoms with Crippen molar-refractivity contribution in [3.05, 3.63) is 48.5 Å². The Kier molecular flexibility index (Phi) is 6.72. The Balaban J connectivity index is 1.68. The van der Waals surface area contributed by atoms with Gasteiger partial charge < -0.3 is 15.1 Å². The van der Waals surface area contributed by atoms with Gasteiger partial charge >= 0.3 is 6.09 Å². The maximum atomic E-state index is 12.7. The standard InChI is InChI=1S/C19H23N3O7S2/c23-16-6-4-15(5-7-16)21-31(28,29)18-3-1-2-17(12-18)30(26,27)20-13-14-8-10-22(11-9-14)19(24)25/h1-7,12,14,20-21,23H,8-11,13H2,(H,24,25). The van der Waals surface area contributed by atoms with Crippen LogP contribution >= 0.6 is 0 Å². The molecule has 0 aliphatic carbocycles. The zero-order valence-corrected chi connectivity index (χ0v) is 18.1. The fraction of sp³-hybridized carbons (Fsp3) is 0.316. The van der Waals surface area contributed by atoms with E-state index in [2.05, 4.69) is 9.44 Å². The van der Waals surface area contributed by atoms with Gasteiger partial charge in [-0.2, -0.15) is 0 Å². The summed E-state index contributed by atoms with van der Waals surface area (Å²) in [6.45, 7) is 0.829. The van der Waals surface area contributed by atoms with Crippen molar-refractivity contribution in [3.8, 4) is 5.75 Å². The van der Waals surface area contributed by atoms with Gasteiger partial charge in [0, 0.05) is 25.3 Å². The van der Waals surface area contributed by atoms with E-state index in [4.69, 9.17) is 5.11 Å². The number of hydrogen-bond donors (Lipinski definition) is 4. The van der Waals surface area contributed by atoms with Crippen LogP contribution in [-0.2, 0) is 20.0 Å². The zero-order chi connectivity index (χ0) is 22.6. The first-order chi connectivity index (χ1) is 14.6. The number of rotatable bonds is 7. The van der Waals surface area contributed by atoms with Crippen LogP contribution in [0.5, 0.6) is 5.75 Å². The average molecular weight is 470 g/mol. The molecule has 1 amide bonds. The highest BCUT2D eigenvalue weighted by Crippen LogP contribution is 2.22. The average Bonchev–Trinajstić information content (AvgIpc) is 2.74. The molecule has 10 nitrogen and oxygen atoms in total. The van der Waals surface area contributed by atoms with Crippen LogP contribution in [0.2, 0.25) is 0 Å². The van der Waals surface area contributed by atoms with Crippen LogP contribution in [0, 0.1) is 5.92 Å². The molecule has 1 aliphatic rings. The van der Waals surface area contributed by atoms with Gasteiger partial charge in [0.05, 0.1) is 9.79 Å². The second kappa shape index (κ2) is 9.12. The molecule has 1 fully saturated rings. The third-order valence-electron chi connectivity index (χ3n) is 4.99. The number of benzene rings is 2.